The van der Waals surface area contributed by atoms with E-state index < -0.39 is 0 Å². The summed E-state index contributed by atoms with van der Waals surface area (Å²) in [6, 6.07) is 14.9. The fourth-order valence-electron chi connectivity index (χ4n) is 3.67. The molecule has 1 aromatic heterocycles. The molecular weight excluding hydrogens is 312 g/mol. The van der Waals surface area contributed by atoms with Gasteiger partial charge in [-0.2, -0.15) is 0 Å². The number of benzene rings is 2. The number of nitrogen functional groups attached to an aromatic ring is 1. The number of fused-ring (bicyclic) bond motifs is 1. The monoisotopic (exact) mass is 334 g/mol. The van der Waals surface area contributed by atoms with Crippen LogP contribution in [0.5, 0.6) is 0 Å². The summed E-state index contributed by atoms with van der Waals surface area (Å²) in [6.45, 7) is 2.34. The molecule has 0 aliphatic carbocycles. The third-order valence-corrected chi connectivity index (χ3v) is 5.00. The van der Waals surface area contributed by atoms with Gasteiger partial charge < -0.3 is 10.8 Å². The highest BCUT2D eigenvalue weighted by molar-refractivity contribution is 5.83. The molecule has 1 aliphatic heterocycles. The summed E-state index contributed by atoms with van der Waals surface area (Å²) < 4.78 is 0. The molecule has 2 atom stereocenters. The average Bonchev–Trinajstić information content (AvgIpc) is 2.63. The molecule has 3 aromatic rings. The van der Waals surface area contributed by atoms with E-state index in [1.165, 1.54) is 16.3 Å². The van der Waals surface area contributed by atoms with Gasteiger partial charge in [-0.15, -0.1) is 0 Å². The Hall–Kier alpha value is -2.50. The van der Waals surface area contributed by atoms with Crippen molar-refractivity contribution >= 4 is 16.7 Å². The molecule has 5 nitrogen and oxygen atoms in total. The highest BCUT2D eigenvalue weighted by Crippen LogP contribution is 2.31. The number of rotatable bonds is 3. The van der Waals surface area contributed by atoms with Crippen molar-refractivity contribution in [2.24, 2.45) is 0 Å². The normalized spacial score (nSPS) is 21.5. The highest BCUT2D eigenvalue weighted by Gasteiger charge is 2.29. The van der Waals surface area contributed by atoms with Crippen LogP contribution in [0.2, 0.25) is 0 Å². The van der Waals surface area contributed by atoms with E-state index in [1.807, 2.05) is 0 Å². The smallest absolute Gasteiger partial charge is 0.219 e. The molecule has 3 N–H and O–H groups in total. The zero-order valence-corrected chi connectivity index (χ0v) is 14.0. The minimum Gasteiger partial charge on any atom is -0.391 e. The van der Waals surface area contributed by atoms with Gasteiger partial charge in [0.15, 0.2) is 0 Å². The third kappa shape index (κ3) is 3.48. The van der Waals surface area contributed by atoms with Crippen molar-refractivity contribution in [3.8, 4) is 0 Å². The second kappa shape index (κ2) is 6.78. The molecule has 1 saturated heterocycles. The molecule has 1 aliphatic rings. The van der Waals surface area contributed by atoms with Gasteiger partial charge in [0, 0.05) is 37.0 Å². The number of aliphatic hydroxyl groups is 1. The minimum atomic E-state index is -0.371. The van der Waals surface area contributed by atoms with Crippen LogP contribution in [0.15, 0.2) is 54.9 Å². The van der Waals surface area contributed by atoms with Crippen molar-refractivity contribution in [3.63, 3.8) is 0 Å². The lowest BCUT2D eigenvalue weighted by atomic mass is 9.86. The van der Waals surface area contributed by atoms with Crippen LogP contribution in [0.4, 0.5) is 5.95 Å². The Balaban J connectivity index is 1.46. The predicted molar refractivity (Wildman–Crippen MR) is 99.0 cm³/mol. The number of likely N-dealkylation sites (tertiary alicyclic amines) is 1. The second-order valence-corrected chi connectivity index (χ2v) is 6.75. The molecule has 0 bridgehead atoms. The van der Waals surface area contributed by atoms with E-state index in [0.717, 1.165) is 25.1 Å². The molecule has 25 heavy (non-hydrogen) atoms. The van der Waals surface area contributed by atoms with Gasteiger partial charge in [-0.1, -0.05) is 42.5 Å². The number of aromatic nitrogens is 2. The van der Waals surface area contributed by atoms with Crippen LogP contribution in [0.1, 0.15) is 23.5 Å². The fraction of sp³-hybridized carbons (Fsp3) is 0.300. The first-order chi connectivity index (χ1) is 12.2. The molecular formula is C20H22N4O. The summed E-state index contributed by atoms with van der Waals surface area (Å²) in [7, 11) is 0. The van der Waals surface area contributed by atoms with Gasteiger partial charge in [0.1, 0.15) is 0 Å². The SMILES string of the molecule is Nc1ncc(CN2CC[C@H](c3ccc4ccccc4c3)[C@@H](O)C2)cn1. The van der Waals surface area contributed by atoms with Gasteiger partial charge in [0.05, 0.1) is 6.10 Å². The third-order valence-electron chi connectivity index (χ3n) is 5.00. The average molecular weight is 334 g/mol. The maximum atomic E-state index is 10.7. The summed E-state index contributed by atoms with van der Waals surface area (Å²) in [6.07, 6.45) is 4.08. The molecule has 0 amide bonds. The quantitative estimate of drug-likeness (QED) is 0.770. The molecule has 0 radical (unpaired) electrons. The fourth-order valence-corrected chi connectivity index (χ4v) is 3.67. The Bertz CT molecular complexity index is 865. The molecule has 2 heterocycles. The lowest BCUT2D eigenvalue weighted by Crippen LogP contribution is -2.42. The van der Waals surface area contributed by atoms with Gasteiger partial charge in [-0.05, 0) is 29.3 Å². The van der Waals surface area contributed by atoms with Crippen LogP contribution in [0, 0.1) is 0 Å². The number of nitrogens with two attached hydrogens (primary N) is 1. The van der Waals surface area contributed by atoms with Crippen molar-refractivity contribution in [2.45, 2.75) is 25.0 Å². The topological polar surface area (TPSA) is 75.3 Å². The first-order valence-electron chi connectivity index (χ1n) is 8.64. The number of piperidine rings is 1. The summed E-state index contributed by atoms with van der Waals surface area (Å²) in [5, 5.41) is 13.2. The van der Waals surface area contributed by atoms with Crippen molar-refractivity contribution in [3.05, 3.63) is 66.0 Å². The first kappa shape index (κ1) is 16.0. The van der Waals surface area contributed by atoms with Crippen LogP contribution < -0.4 is 5.73 Å². The Kier molecular flexibility index (Phi) is 4.34. The zero-order chi connectivity index (χ0) is 17.2. The molecule has 0 spiro atoms. The van der Waals surface area contributed by atoms with E-state index in [-0.39, 0.29) is 12.0 Å². The molecule has 1 fully saturated rings. The number of β-amino-alcohol motifs (C(OH)–C–C–N with tert-alkyl or cyclic N) is 1. The maximum absolute atomic E-state index is 10.7. The van der Waals surface area contributed by atoms with E-state index in [2.05, 4.69) is 57.3 Å². The standard InChI is InChI=1S/C20H22N4O/c21-20-22-10-14(11-23-20)12-24-8-7-18(19(25)13-24)17-6-5-15-3-1-2-4-16(15)9-17/h1-6,9-11,18-19,25H,7-8,12-13H2,(H2,21,22,23)/t18-,19+/m1/s1. The van der Waals surface area contributed by atoms with Crippen molar-refractivity contribution in [2.75, 3.05) is 18.8 Å². The first-order valence-corrected chi connectivity index (χ1v) is 8.64. The van der Waals surface area contributed by atoms with Crippen LogP contribution in [-0.2, 0) is 6.54 Å². The summed E-state index contributed by atoms with van der Waals surface area (Å²) in [5.74, 6) is 0.474. The Morgan fingerprint density at radius 3 is 2.60 bits per heavy atom. The molecule has 4 rings (SSSR count). The molecule has 0 saturated carbocycles. The second-order valence-electron chi connectivity index (χ2n) is 6.75. The van der Waals surface area contributed by atoms with Gasteiger partial charge in [0.25, 0.3) is 0 Å². The lowest BCUT2D eigenvalue weighted by molar-refractivity contribution is 0.0476. The van der Waals surface area contributed by atoms with E-state index in [0.29, 0.717) is 12.5 Å². The Labute approximate surface area is 147 Å². The Morgan fingerprint density at radius 1 is 1.08 bits per heavy atom. The van der Waals surface area contributed by atoms with Crippen LogP contribution >= 0.6 is 0 Å². The summed E-state index contributed by atoms with van der Waals surface area (Å²) >= 11 is 0. The van der Waals surface area contributed by atoms with Gasteiger partial charge in [0.2, 0.25) is 5.95 Å². The van der Waals surface area contributed by atoms with Gasteiger partial charge >= 0.3 is 0 Å². The van der Waals surface area contributed by atoms with Crippen molar-refractivity contribution < 1.29 is 5.11 Å². The minimum absolute atomic E-state index is 0.184. The van der Waals surface area contributed by atoms with Crippen LogP contribution in [0.25, 0.3) is 10.8 Å². The van der Waals surface area contributed by atoms with E-state index in [4.69, 9.17) is 5.73 Å². The molecule has 0 unspecified atom stereocenters. The van der Waals surface area contributed by atoms with E-state index >= 15 is 0 Å². The number of aliphatic hydroxyl groups excluding tert-OH is 1. The van der Waals surface area contributed by atoms with Crippen LogP contribution in [0.3, 0.4) is 0 Å². The Morgan fingerprint density at radius 2 is 1.84 bits per heavy atom. The molecule has 2 aromatic carbocycles. The van der Waals surface area contributed by atoms with E-state index in [1.54, 1.807) is 12.4 Å². The summed E-state index contributed by atoms with van der Waals surface area (Å²) in [5.41, 5.74) is 7.77. The van der Waals surface area contributed by atoms with Crippen LogP contribution in [-0.4, -0.2) is 39.2 Å². The predicted octanol–water partition coefficient (Wildman–Crippen LogP) is 2.56. The maximum Gasteiger partial charge on any atom is 0.219 e. The number of hydrogen-bond acceptors (Lipinski definition) is 5. The molecule has 128 valence electrons. The van der Waals surface area contributed by atoms with Crippen molar-refractivity contribution in [1.29, 1.82) is 0 Å². The van der Waals surface area contributed by atoms with E-state index in [9.17, 15) is 5.11 Å². The lowest BCUT2D eigenvalue weighted by Gasteiger charge is -2.36. The number of anilines is 1. The van der Waals surface area contributed by atoms with Crippen molar-refractivity contribution in [1.82, 2.24) is 14.9 Å². The zero-order valence-electron chi connectivity index (χ0n) is 14.0. The van der Waals surface area contributed by atoms with Gasteiger partial charge in [-0.25, -0.2) is 9.97 Å². The molecule has 5 heteroatoms. The highest BCUT2D eigenvalue weighted by atomic mass is 16.3. The largest absolute Gasteiger partial charge is 0.391 e. The number of hydrogen-bond donors (Lipinski definition) is 2. The van der Waals surface area contributed by atoms with Gasteiger partial charge in [-0.3, -0.25) is 4.90 Å². The number of nitrogens with zero attached hydrogens (tertiary/aromatic N) is 3. The summed E-state index contributed by atoms with van der Waals surface area (Å²) in [4.78, 5) is 10.3.